The quantitative estimate of drug-likeness (QED) is 0.722. The minimum absolute atomic E-state index is 0.0734. The van der Waals surface area contributed by atoms with Crippen molar-refractivity contribution >= 4 is 33.0 Å². The van der Waals surface area contributed by atoms with Crippen LogP contribution in [0.2, 0.25) is 0 Å². The number of hydrogen-bond acceptors (Lipinski definition) is 7. The van der Waals surface area contributed by atoms with Crippen LogP contribution in [0.1, 0.15) is 12.8 Å². The summed E-state index contributed by atoms with van der Waals surface area (Å²) in [7, 11) is -1.62. The molecule has 3 rings (SSSR count). The number of nitrogens with one attached hydrogen (secondary N) is 1. The molecule has 2 aromatic heterocycles. The molecular formula is C10H15N7O2S. The number of nitrogens with two attached hydrogens (primary N) is 1. The first-order valence-electron chi connectivity index (χ1n) is 6.06. The van der Waals surface area contributed by atoms with Gasteiger partial charge < -0.3 is 10.3 Å². The third-order valence-corrected chi connectivity index (χ3v) is 3.49. The molecule has 0 saturated heterocycles. The molecule has 0 bridgehead atoms. The van der Waals surface area contributed by atoms with Gasteiger partial charge in [-0.3, -0.25) is 5.01 Å². The fourth-order valence-electron chi connectivity index (χ4n) is 1.98. The number of hydrogen-bond donors (Lipinski definition) is 2. The van der Waals surface area contributed by atoms with Gasteiger partial charge in [0.1, 0.15) is 0 Å². The lowest BCUT2D eigenvalue weighted by Gasteiger charge is -2.23. The largest absolute Gasteiger partial charge is 0.368 e. The van der Waals surface area contributed by atoms with Crippen LogP contribution in [0.3, 0.4) is 0 Å². The van der Waals surface area contributed by atoms with Gasteiger partial charge in [-0.15, -0.1) is 4.83 Å². The summed E-state index contributed by atoms with van der Waals surface area (Å²) in [4.78, 5) is 15.0. The van der Waals surface area contributed by atoms with Crippen molar-refractivity contribution in [2.24, 2.45) is 7.05 Å². The summed E-state index contributed by atoms with van der Waals surface area (Å²) in [6, 6.07) is 0.0734. The van der Waals surface area contributed by atoms with E-state index in [2.05, 4.69) is 19.8 Å². The van der Waals surface area contributed by atoms with Crippen molar-refractivity contribution < 1.29 is 8.42 Å². The van der Waals surface area contributed by atoms with Crippen molar-refractivity contribution in [2.45, 2.75) is 18.9 Å². The Bertz CT molecular complexity index is 765. The van der Waals surface area contributed by atoms with Crippen LogP contribution in [-0.2, 0) is 17.1 Å². The maximum Gasteiger partial charge on any atom is 0.225 e. The Morgan fingerprint density at radius 2 is 2.15 bits per heavy atom. The van der Waals surface area contributed by atoms with E-state index in [9.17, 15) is 8.42 Å². The Kier molecular flexibility index (Phi) is 2.80. The second-order valence-corrected chi connectivity index (χ2v) is 6.62. The highest BCUT2D eigenvalue weighted by Crippen LogP contribution is 2.32. The van der Waals surface area contributed by atoms with E-state index in [1.165, 1.54) is 5.01 Å². The molecule has 1 aliphatic rings. The molecule has 3 N–H and O–H groups in total. The maximum absolute atomic E-state index is 11.5. The molecule has 0 spiro atoms. The fraction of sp³-hybridized carbons (Fsp3) is 0.500. The minimum Gasteiger partial charge on any atom is -0.368 e. The zero-order chi connectivity index (χ0) is 14.5. The summed E-state index contributed by atoms with van der Waals surface area (Å²) < 4.78 is 24.8. The molecule has 0 atom stereocenters. The Morgan fingerprint density at radius 3 is 2.75 bits per heavy atom. The van der Waals surface area contributed by atoms with E-state index in [-0.39, 0.29) is 12.0 Å². The standard InChI is InChI=1S/C10H15N7O2S/c1-16-5-12-7-8(16)13-10(11)14-9(7)17(6-3-4-6)15-20(2,18)19/h5-6,15H,3-4H2,1-2H3,(H2,11,13,14). The Hall–Kier alpha value is -1.94. The second kappa shape index (κ2) is 4.28. The number of rotatable bonds is 4. The lowest BCUT2D eigenvalue weighted by molar-refractivity contribution is 0.579. The monoisotopic (exact) mass is 297 g/mol. The number of hydrazine groups is 1. The van der Waals surface area contributed by atoms with Crippen LogP contribution in [0.4, 0.5) is 11.8 Å². The number of anilines is 2. The van der Waals surface area contributed by atoms with Crippen molar-refractivity contribution in [1.82, 2.24) is 24.4 Å². The fourth-order valence-corrected chi connectivity index (χ4v) is 2.57. The lowest BCUT2D eigenvalue weighted by Crippen LogP contribution is -2.44. The number of aromatic nitrogens is 4. The Balaban J connectivity index is 2.15. The number of nitrogen functional groups attached to an aromatic ring is 1. The molecule has 0 amide bonds. The van der Waals surface area contributed by atoms with Crippen molar-refractivity contribution in [1.29, 1.82) is 0 Å². The average Bonchev–Trinajstić information content (AvgIpc) is 3.11. The molecule has 9 nitrogen and oxygen atoms in total. The smallest absolute Gasteiger partial charge is 0.225 e. The lowest BCUT2D eigenvalue weighted by atomic mass is 10.4. The van der Waals surface area contributed by atoms with Crippen LogP contribution in [0, 0.1) is 0 Å². The molecule has 2 aromatic rings. The highest BCUT2D eigenvalue weighted by atomic mass is 32.2. The van der Waals surface area contributed by atoms with E-state index < -0.39 is 10.0 Å². The van der Waals surface area contributed by atoms with E-state index in [1.54, 1.807) is 17.9 Å². The molecule has 1 aliphatic carbocycles. The van der Waals surface area contributed by atoms with E-state index in [0.29, 0.717) is 17.0 Å². The van der Waals surface area contributed by atoms with Crippen molar-refractivity contribution in [2.75, 3.05) is 17.0 Å². The molecule has 0 radical (unpaired) electrons. The van der Waals surface area contributed by atoms with Crippen LogP contribution in [0.25, 0.3) is 11.2 Å². The van der Waals surface area contributed by atoms with Crippen molar-refractivity contribution in [3.63, 3.8) is 0 Å². The van der Waals surface area contributed by atoms with Gasteiger partial charge >= 0.3 is 0 Å². The van der Waals surface area contributed by atoms with E-state index in [0.717, 1.165) is 19.1 Å². The number of nitrogens with zero attached hydrogens (tertiary/aromatic N) is 5. The molecule has 108 valence electrons. The summed E-state index contributed by atoms with van der Waals surface area (Å²) in [5.74, 6) is 0.470. The van der Waals surface area contributed by atoms with E-state index >= 15 is 0 Å². The SMILES string of the molecule is Cn1cnc2c(N(NS(C)(=O)=O)C3CC3)nc(N)nc21. The van der Waals surface area contributed by atoms with Gasteiger partial charge in [-0.2, -0.15) is 9.97 Å². The first-order valence-corrected chi connectivity index (χ1v) is 7.95. The predicted octanol–water partition coefficient (Wildman–Crippen LogP) is -0.622. The summed E-state index contributed by atoms with van der Waals surface area (Å²) in [5.41, 5.74) is 6.79. The summed E-state index contributed by atoms with van der Waals surface area (Å²) in [6.07, 6.45) is 4.47. The second-order valence-electron chi connectivity index (χ2n) is 4.90. The van der Waals surface area contributed by atoms with Gasteiger partial charge in [-0.05, 0) is 12.8 Å². The van der Waals surface area contributed by atoms with Gasteiger partial charge in [-0.1, -0.05) is 0 Å². The molecule has 0 aliphatic heterocycles. The molecule has 1 saturated carbocycles. The van der Waals surface area contributed by atoms with Gasteiger partial charge in [0.15, 0.2) is 17.0 Å². The van der Waals surface area contributed by atoms with Gasteiger partial charge in [0.05, 0.1) is 12.6 Å². The number of aryl methyl sites for hydroxylation is 1. The Morgan fingerprint density at radius 1 is 1.45 bits per heavy atom. The van der Waals surface area contributed by atoms with Gasteiger partial charge in [0.25, 0.3) is 0 Å². The highest BCUT2D eigenvalue weighted by molar-refractivity contribution is 7.88. The van der Waals surface area contributed by atoms with E-state index in [4.69, 9.17) is 5.73 Å². The van der Waals surface area contributed by atoms with Crippen molar-refractivity contribution in [3.8, 4) is 0 Å². The first-order chi connectivity index (χ1) is 9.35. The zero-order valence-electron chi connectivity index (χ0n) is 11.1. The zero-order valence-corrected chi connectivity index (χ0v) is 11.9. The van der Waals surface area contributed by atoms with Crippen LogP contribution < -0.4 is 15.6 Å². The average molecular weight is 297 g/mol. The third kappa shape index (κ3) is 2.39. The highest BCUT2D eigenvalue weighted by Gasteiger charge is 2.34. The van der Waals surface area contributed by atoms with Gasteiger partial charge in [0.2, 0.25) is 16.0 Å². The van der Waals surface area contributed by atoms with Crippen LogP contribution in [0.15, 0.2) is 6.33 Å². The maximum atomic E-state index is 11.5. The number of fused-ring (bicyclic) bond motifs is 1. The summed E-state index contributed by atoms with van der Waals surface area (Å²) in [6.45, 7) is 0. The molecular weight excluding hydrogens is 282 g/mol. The normalized spacial score (nSPS) is 15.7. The summed E-state index contributed by atoms with van der Waals surface area (Å²) in [5, 5.41) is 1.52. The third-order valence-electron chi connectivity index (χ3n) is 2.96. The van der Waals surface area contributed by atoms with Crippen LogP contribution >= 0.6 is 0 Å². The van der Waals surface area contributed by atoms with Crippen LogP contribution in [-0.4, -0.2) is 40.2 Å². The minimum atomic E-state index is -3.41. The molecule has 0 unspecified atom stereocenters. The Labute approximate surface area is 115 Å². The molecule has 10 heteroatoms. The number of sulfonamides is 1. The summed E-state index contributed by atoms with van der Waals surface area (Å²) >= 11 is 0. The molecule has 20 heavy (non-hydrogen) atoms. The first kappa shape index (κ1) is 13.1. The van der Waals surface area contributed by atoms with Gasteiger partial charge in [0, 0.05) is 13.1 Å². The van der Waals surface area contributed by atoms with Gasteiger partial charge in [-0.25, -0.2) is 13.4 Å². The topological polar surface area (TPSA) is 119 Å². The van der Waals surface area contributed by atoms with E-state index in [1.807, 2.05) is 0 Å². The predicted molar refractivity (Wildman–Crippen MR) is 74.2 cm³/mol. The van der Waals surface area contributed by atoms with Crippen molar-refractivity contribution in [3.05, 3.63) is 6.33 Å². The molecule has 0 aromatic carbocycles. The molecule has 2 heterocycles. The number of imidazole rings is 1. The molecule has 1 fully saturated rings. The van der Waals surface area contributed by atoms with Crippen LogP contribution in [0.5, 0.6) is 0 Å².